The summed E-state index contributed by atoms with van der Waals surface area (Å²) in [6.45, 7) is -0.420. The number of hydrogen-bond acceptors (Lipinski definition) is 5. The van der Waals surface area contributed by atoms with E-state index in [1.807, 2.05) is 0 Å². The molecule has 0 bridgehead atoms. The summed E-state index contributed by atoms with van der Waals surface area (Å²) in [4.78, 5) is 9.14. The minimum absolute atomic E-state index is 0.0212. The van der Waals surface area contributed by atoms with Gasteiger partial charge in [0.25, 0.3) is 6.43 Å². The van der Waals surface area contributed by atoms with Crippen LogP contribution in [0.1, 0.15) is 0 Å². The zero-order chi connectivity index (χ0) is 11.7. The van der Waals surface area contributed by atoms with Crippen LogP contribution < -0.4 is 10.6 Å². The number of nitrogen functional groups attached to an aromatic ring is 1. The van der Waals surface area contributed by atoms with Gasteiger partial charge in [-0.2, -0.15) is 15.1 Å². The second-order valence-corrected chi connectivity index (χ2v) is 3.31. The summed E-state index contributed by atoms with van der Waals surface area (Å²) in [5, 5.41) is 6.95. The number of anilines is 2. The Morgan fingerprint density at radius 1 is 1.50 bits per heavy atom. The van der Waals surface area contributed by atoms with Crippen molar-refractivity contribution < 1.29 is 8.78 Å². The Balaban J connectivity index is 2.45. The van der Waals surface area contributed by atoms with Gasteiger partial charge in [-0.3, -0.25) is 5.10 Å². The number of H-pyrrole nitrogens is 1. The molecule has 0 radical (unpaired) electrons. The molecule has 0 fully saturated rings. The van der Waals surface area contributed by atoms with Crippen molar-refractivity contribution in [1.29, 1.82) is 0 Å². The number of hydrogen-bond donors (Lipinski definition) is 2. The van der Waals surface area contributed by atoms with Gasteiger partial charge >= 0.3 is 0 Å². The molecule has 0 aliphatic carbocycles. The Hall–Kier alpha value is -1.99. The summed E-state index contributed by atoms with van der Waals surface area (Å²) in [7, 11) is 1.51. The minimum atomic E-state index is -2.44. The average molecular weight is 228 g/mol. The van der Waals surface area contributed by atoms with Crippen LogP contribution in [0.3, 0.4) is 0 Å². The van der Waals surface area contributed by atoms with Crippen LogP contribution >= 0.6 is 0 Å². The second-order valence-electron chi connectivity index (χ2n) is 3.31. The van der Waals surface area contributed by atoms with Gasteiger partial charge < -0.3 is 10.6 Å². The molecule has 0 atom stereocenters. The Labute approximate surface area is 89.5 Å². The standard InChI is InChI=1S/C8H10F2N6/c1-16(3-5(9)10)7-4-2-12-15-6(4)13-8(11)14-7/h2,5H,3H2,1H3,(H3,11,12,13,14,15). The summed E-state index contributed by atoms with van der Waals surface area (Å²) >= 11 is 0. The largest absolute Gasteiger partial charge is 0.368 e. The highest BCUT2D eigenvalue weighted by atomic mass is 19.3. The van der Waals surface area contributed by atoms with Crippen molar-refractivity contribution in [3.05, 3.63) is 6.20 Å². The summed E-state index contributed by atoms with van der Waals surface area (Å²) in [6.07, 6.45) is -0.963. The lowest BCUT2D eigenvalue weighted by Crippen LogP contribution is -2.25. The Morgan fingerprint density at radius 2 is 2.25 bits per heavy atom. The van der Waals surface area contributed by atoms with Crippen LogP contribution in [0.2, 0.25) is 0 Å². The van der Waals surface area contributed by atoms with E-state index in [9.17, 15) is 8.78 Å². The third kappa shape index (κ3) is 1.86. The van der Waals surface area contributed by atoms with E-state index in [-0.39, 0.29) is 5.95 Å². The lowest BCUT2D eigenvalue weighted by atomic mass is 10.3. The lowest BCUT2D eigenvalue weighted by Gasteiger charge is -2.17. The van der Waals surface area contributed by atoms with E-state index in [1.54, 1.807) is 0 Å². The number of nitrogens with two attached hydrogens (primary N) is 1. The summed E-state index contributed by atoms with van der Waals surface area (Å²) in [6, 6.07) is 0. The maximum absolute atomic E-state index is 12.3. The highest BCUT2D eigenvalue weighted by molar-refractivity contribution is 5.87. The van der Waals surface area contributed by atoms with Gasteiger partial charge in [0.1, 0.15) is 5.82 Å². The van der Waals surface area contributed by atoms with E-state index >= 15 is 0 Å². The molecule has 0 saturated carbocycles. The quantitative estimate of drug-likeness (QED) is 0.805. The van der Waals surface area contributed by atoms with Crippen molar-refractivity contribution in [3.8, 4) is 0 Å². The molecule has 0 spiro atoms. The fourth-order valence-corrected chi connectivity index (χ4v) is 1.42. The molecule has 0 aliphatic heterocycles. The monoisotopic (exact) mass is 228 g/mol. The van der Waals surface area contributed by atoms with E-state index in [0.29, 0.717) is 16.9 Å². The fraction of sp³-hybridized carbons (Fsp3) is 0.375. The minimum Gasteiger partial charge on any atom is -0.368 e. The topological polar surface area (TPSA) is 83.7 Å². The van der Waals surface area contributed by atoms with Crippen LogP contribution in [-0.4, -0.2) is 40.2 Å². The van der Waals surface area contributed by atoms with Crippen LogP contribution in [0.15, 0.2) is 6.20 Å². The molecule has 2 heterocycles. The van der Waals surface area contributed by atoms with E-state index in [0.717, 1.165) is 0 Å². The molecule has 2 rings (SSSR count). The molecule has 0 aliphatic rings. The smallest absolute Gasteiger partial charge is 0.255 e. The van der Waals surface area contributed by atoms with Gasteiger partial charge in [0.2, 0.25) is 5.95 Å². The SMILES string of the molecule is CN(CC(F)F)c1nc(N)nc2[nH]ncc12. The number of rotatable bonds is 3. The molecule has 0 aromatic carbocycles. The predicted octanol–water partition coefficient (Wildman–Crippen LogP) is 0.636. The summed E-state index contributed by atoms with van der Waals surface area (Å²) < 4.78 is 24.5. The van der Waals surface area contributed by atoms with Crippen LogP contribution in [0.5, 0.6) is 0 Å². The summed E-state index contributed by atoms with van der Waals surface area (Å²) in [5.74, 6) is 0.365. The van der Waals surface area contributed by atoms with E-state index in [4.69, 9.17) is 5.73 Å². The number of aromatic amines is 1. The van der Waals surface area contributed by atoms with Crippen LogP contribution in [-0.2, 0) is 0 Å². The van der Waals surface area contributed by atoms with Gasteiger partial charge in [0, 0.05) is 7.05 Å². The van der Waals surface area contributed by atoms with E-state index < -0.39 is 13.0 Å². The number of nitrogens with zero attached hydrogens (tertiary/aromatic N) is 4. The number of fused-ring (bicyclic) bond motifs is 1. The fourth-order valence-electron chi connectivity index (χ4n) is 1.42. The van der Waals surface area contributed by atoms with E-state index in [1.165, 1.54) is 18.1 Å². The van der Waals surface area contributed by atoms with Gasteiger partial charge in [-0.05, 0) is 0 Å². The van der Waals surface area contributed by atoms with Crippen LogP contribution in [0, 0.1) is 0 Å². The number of nitrogens with one attached hydrogen (secondary N) is 1. The first-order valence-electron chi connectivity index (χ1n) is 4.54. The molecule has 6 nitrogen and oxygen atoms in total. The number of alkyl halides is 2. The first kappa shape index (κ1) is 10.5. The van der Waals surface area contributed by atoms with Crippen molar-refractivity contribution in [2.45, 2.75) is 6.43 Å². The number of halogens is 2. The van der Waals surface area contributed by atoms with E-state index in [2.05, 4.69) is 20.2 Å². The Kier molecular flexibility index (Phi) is 2.55. The molecule has 0 amide bonds. The molecule has 16 heavy (non-hydrogen) atoms. The van der Waals surface area contributed by atoms with Crippen molar-refractivity contribution in [2.75, 3.05) is 24.2 Å². The molecule has 0 saturated heterocycles. The van der Waals surface area contributed by atoms with Crippen LogP contribution in [0.25, 0.3) is 11.0 Å². The first-order valence-corrected chi connectivity index (χ1v) is 4.54. The van der Waals surface area contributed by atoms with Crippen LogP contribution in [0.4, 0.5) is 20.5 Å². The van der Waals surface area contributed by atoms with Gasteiger partial charge in [0.05, 0.1) is 18.1 Å². The maximum Gasteiger partial charge on any atom is 0.255 e. The Bertz CT molecular complexity index is 496. The third-order valence-electron chi connectivity index (χ3n) is 2.08. The maximum atomic E-state index is 12.3. The normalized spacial score (nSPS) is 11.2. The molecule has 2 aromatic rings. The molecular weight excluding hydrogens is 218 g/mol. The van der Waals surface area contributed by atoms with Crippen molar-refractivity contribution >= 4 is 22.8 Å². The van der Waals surface area contributed by atoms with Crippen molar-refractivity contribution in [1.82, 2.24) is 20.2 Å². The highest BCUT2D eigenvalue weighted by Gasteiger charge is 2.15. The zero-order valence-corrected chi connectivity index (χ0v) is 8.48. The molecular formula is C8H10F2N6. The summed E-state index contributed by atoms with van der Waals surface area (Å²) in [5.41, 5.74) is 5.90. The molecule has 8 heteroatoms. The van der Waals surface area contributed by atoms with Gasteiger partial charge in [-0.25, -0.2) is 8.78 Å². The molecule has 2 aromatic heterocycles. The predicted molar refractivity (Wildman–Crippen MR) is 55.4 cm³/mol. The van der Waals surface area contributed by atoms with Gasteiger partial charge in [0.15, 0.2) is 5.65 Å². The highest BCUT2D eigenvalue weighted by Crippen LogP contribution is 2.22. The lowest BCUT2D eigenvalue weighted by molar-refractivity contribution is 0.156. The Morgan fingerprint density at radius 3 is 2.94 bits per heavy atom. The third-order valence-corrected chi connectivity index (χ3v) is 2.08. The first-order chi connectivity index (χ1) is 7.58. The zero-order valence-electron chi connectivity index (χ0n) is 8.48. The van der Waals surface area contributed by atoms with Gasteiger partial charge in [-0.1, -0.05) is 0 Å². The van der Waals surface area contributed by atoms with Crippen molar-refractivity contribution in [3.63, 3.8) is 0 Å². The molecule has 0 unspecified atom stereocenters. The van der Waals surface area contributed by atoms with Gasteiger partial charge in [-0.15, -0.1) is 0 Å². The van der Waals surface area contributed by atoms with Crippen molar-refractivity contribution in [2.24, 2.45) is 0 Å². The molecule has 86 valence electrons. The average Bonchev–Trinajstić information content (AvgIpc) is 2.62. The second kappa shape index (κ2) is 3.87. The molecule has 3 N–H and O–H groups in total. The number of aromatic nitrogens is 4.